The Balaban J connectivity index is 2.04. The molecular formula is C13H13NO. The van der Waals surface area contributed by atoms with E-state index in [0.717, 1.165) is 25.1 Å². The number of benzene rings is 1. The van der Waals surface area contributed by atoms with E-state index in [-0.39, 0.29) is 0 Å². The molecule has 3 rings (SSSR count). The molecule has 0 unspecified atom stereocenters. The molecule has 76 valence electrons. The Hall–Kier alpha value is -1.54. The predicted molar refractivity (Wildman–Crippen MR) is 59.6 cm³/mol. The fourth-order valence-corrected chi connectivity index (χ4v) is 2.09. The van der Waals surface area contributed by atoms with Gasteiger partial charge in [-0.3, -0.25) is 0 Å². The van der Waals surface area contributed by atoms with Gasteiger partial charge in [0, 0.05) is 12.1 Å². The number of nitrogens with one attached hydrogen (secondary N) is 1. The molecule has 0 atom stereocenters. The number of furan rings is 1. The predicted octanol–water partition coefficient (Wildman–Crippen LogP) is 2.59. The standard InChI is InChI=1S/C13H13NO/c1-2-12-8-14-5-3-11(12)7-10(1)13-4-6-15-9-13/h1-2,4,6-7,9,14H,3,5,8H2. The van der Waals surface area contributed by atoms with Crippen molar-refractivity contribution in [1.82, 2.24) is 5.32 Å². The molecule has 0 spiro atoms. The van der Waals surface area contributed by atoms with Crippen molar-refractivity contribution in [2.24, 2.45) is 0 Å². The fraction of sp³-hybridized carbons (Fsp3) is 0.231. The second-order valence-electron chi connectivity index (χ2n) is 3.92. The summed E-state index contributed by atoms with van der Waals surface area (Å²) in [5.41, 5.74) is 5.31. The van der Waals surface area contributed by atoms with Gasteiger partial charge in [0.15, 0.2) is 0 Å². The molecule has 2 aromatic rings. The highest BCUT2D eigenvalue weighted by Gasteiger charge is 2.09. The maximum absolute atomic E-state index is 5.10. The van der Waals surface area contributed by atoms with Crippen LogP contribution in [-0.4, -0.2) is 6.54 Å². The summed E-state index contributed by atoms with van der Waals surface area (Å²) < 4.78 is 5.10. The molecule has 1 aromatic heterocycles. The van der Waals surface area contributed by atoms with Crippen molar-refractivity contribution in [2.75, 3.05) is 6.54 Å². The highest BCUT2D eigenvalue weighted by molar-refractivity contribution is 5.63. The largest absolute Gasteiger partial charge is 0.472 e. The van der Waals surface area contributed by atoms with E-state index in [1.165, 1.54) is 16.7 Å². The van der Waals surface area contributed by atoms with Crippen molar-refractivity contribution in [3.8, 4) is 11.1 Å². The molecule has 15 heavy (non-hydrogen) atoms. The topological polar surface area (TPSA) is 25.2 Å². The van der Waals surface area contributed by atoms with Crippen LogP contribution in [0.2, 0.25) is 0 Å². The minimum Gasteiger partial charge on any atom is -0.472 e. The molecule has 0 radical (unpaired) electrons. The molecular weight excluding hydrogens is 186 g/mol. The molecule has 0 bridgehead atoms. The van der Waals surface area contributed by atoms with Crippen LogP contribution in [0.4, 0.5) is 0 Å². The maximum Gasteiger partial charge on any atom is 0.0980 e. The highest BCUT2D eigenvalue weighted by atomic mass is 16.3. The molecule has 1 N–H and O–H groups in total. The van der Waals surface area contributed by atoms with Gasteiger partial charge in [0.25, 0.3) is 0 Å². The van der Waals surface area contributed by atoms with Gasteiger partial charge in [0.2, 0.25) is 0 Å². The van der Waals surface area contributed by atoms with Gasteiger partial charge in [-0.1, -0.05) is 18.2 Å². The molecule has 2 heteroatoms. The molecule has 1 aliphatic heterocycles. The van der Waals surface area contributed by atoms with E-state index >= 15 is 0 Å². The summed E-state index contributed by atoms with van der Waals surface area (Å²) in [7, 11) is 0. The van der Waals surface area contributed by atoms with Crippen LogP contribution in [-0.2, 0) is 13.0 Å². The van der Waals surface area contributed by atoms with Crippen molar-refractivity contribution < 1.29 is 4.42 Å². The second kappa shape index (κ2) is 3.55. The molecule has 2 heterocycles. The summed E-state index contributed by atoms with van der Waals surface area (Å²) in [6, 6.07) is 8.66. The molecule has 1 aromatic carbocycles. The van der Waals surface area contributed by atoms with Crippen LogP contribution in [0.3, 0.4) is 0 Å². The van der Waals surface area contributed by atoms with E-state index in [0.29, 0.717) is 0 Å². The van der Waals surface area contributed by atoms with Gasteiger partial charge in [0.1, 0.15) is 0 Å². The van der Waals surface area contributed by atoms with Crippen molar-refractivity contribution in [2.45, 2.75) is 13.0 Å². The second-order valence-corrected chi connectivity index (χ2v) is 3.92. The van der Waals surface area contributed by atoms with Gasteiger partial charge in [-0.25, -0.2) is 0 Å². The monoisotopic (exact) mass is 199 g/mol. The first-order chi connectivity index (χ1) is 7.43. The molecule has 0 saturated carbocycles. The van der Waals surface area contributed by atoms with Gasteiger partial charge in [-0.2, -0.15) is 0 Å². The van der Waals surface area contributed by atoms with Gasteiger partial charge in [-0.05, 0) is 35.7 Å². The Morgan fingerprint density at radius 3 is 2.93 bits per heavy atom. The minimum absolute atomic E-state index is 1.00. The zero-order valence-electron chi connectivity index (χ0n) is 8.49. The normalized spacial score (nSPS) is 14.9. The lowest BCUT2D eigenvalue weighted by atomic mass is 9.96. The Bertz CT molecular complexity index is 459. The number of fused-ring (bicyclic) bond motifs is 1. The van der Waals surface area contributed by atoms with Crippen LogP contribution >= 0.6 is 0 Å². The lowest BCUT2D eigenvalue weighted by Crippen LogP contribution is -2.23. The van der Waals surface area contributed by atoms with Gasteiger partial charge < -0.3 is 9.73 Å². The fourth-order valence-electron chi connectivity index (χ4n) is 2.09. The molecule has 2 nitrogen and oxygen atoms in total. The van der Waals surface area contributed by atoms with E-state index in [1.807, 2.05) is 6.07 Å². The number of hydrogen-bond donors (Lipinski definition) is 1. The smallest absolute Gasteiger partial charge is 0.0980 e. The Kier molecular flexibility index (Phi) is 2.07. The van der Waals surface area contributed by atoms with Crippen LogP contribution in [0.15, 0.2) is 41.2 Å². The molecule has 0 aliphatic carbocycles. The first-order valence-electron chi connectivity index (χ1n) is 5.28. The summed E-state index contributed by atoms with van der Waals surface area (Å²) in [6.45, 7) is 2.09. The lowest BCUT2D eigenvalue weighted by molar-refractivity contribution is 0.568. The van der Waals surface area contributed by atoms with E-state index in [2.05, 4.69) is 23.5 Å². The lowest BCUT2D eigenvalue weighted by Gasteiger charge is -2.17. The maximum atomic E-state index is 5.10. The summed E-state index contributed by atoms with van der Waals surface area (Å²) in [5.74, 6) is 0. The third-order valence-corrected chi connectivity index (χ3v) is 2.95. The summed E-state index contributed by atoms with van der Waals surface area (Å²) in [4.78, 5) is 0. The number of rotatable bonds is 1. The number of hydrogen-bond acceptors (Lipinski definition) is 2. The zero-order chi connectivity index (χ0) is 10.1. The molecule has 0 fully saturated rings. The third-order valence-electron chi connectivity index (χ3n) is 2.95. The van der Waals surface area contributed by atoms with Crippen molar-refractivity contribution >= 4 is 0 Å². The molecule has 1 aliphatic rings. The van der Waals surface area contributed by atoms with Crippen LogP contribution in [0.5, 0.6) is 0 Å². The average Bonchev–Trinajstić information content (AvgIpc) is 2.82. The Morgan fingerprint density at radius 2 is 2.07 bits per heavy atom. The van der Waals surface area contributed by atoms with Crippen LogP contribution in [0, 0.1) is 0 Å². The highest BCUT2D eigenvalue weighted by Crippen LogP contribution is 2.24. The van der Waals surface area contributed by atoms with Gasteiger partial charge in [-0.15, -0.1) is 0 Å². The van der Waals surface area contributed by atoms with Crippen LogP contribution in [0.25, 0.3) is 11.1 Å². The SMILES string of the molecule is c1cc(-c2ccc3c(c2)CCNC3)co1. The van der Waals surface area contributed by atoms with Crippen molar-refractivity contribution in [3.05, 3.63) is 47.9 Å². The first kappa shape index (κ1) is 8.74. The van der Waals surface area contributed by atoms with Crippen LogP contribution in [0.1, 0.15) is 11.1 Å². The first-order valence-corrected chi connectivity index (χ1v) is 5.28. The Labute approximate surface area is 88.9 Å². The third kappa shape index (κ3) is 1.57. The van der Waals surface area contributed by atoms with E-state index in [4.69, 9.17) is 4.42 Å². The van der Waals surface area contributed by atoms with Crippen LogP contribution < -0.4 is 5.32 Å². The van der Waals surface area contributed by atoms with Gasteiger partial charge in [0.05, 0.1) is 12.5 Å². The van der Waals surface area contributed by atoms with Crippen molar-refractivity contribution in [1.29, 1.82) is 0 Å². The van der Waals surface area contributed by atoms with E-state index in [9.17, 15) is 0 Å². The molecule has 0 amide bonds. The minimum atomic E-state index is 1.00. The summed E-state index contributed by atoms with van der Waals surface area (Å²) >= 11 is 0. The average molecular weight is 199 g/mol. The van der Waals surface area contributed by atoms with Crippen molar-refractivity contribution in [3.63, 3.8) is 0 Å². The summed E-state index contributed by atoms with van der Waals surface area (Å²) in [5, 5.41) is 3.38. The Morgan fingerprint density at radius 1 is 1.07 bits per heavy atom. The van der Waals surface area contributed by atoms with Gasteiger partial charge >= 0.3 is 0 Å². The quantitative estimate of drug-likeness (QED) is 0.763. The van der Waals surface area contributed by atoms with E-state index < -0.39 is 0 Å². The summed E-state index contributed by atoms with van der Waals surface area (Å²) in [6.07, 6.45) is 4.64. The zero-order valence-corrected chi connectivity index (χ0v) is 8.49. The van der Waals surface area contributed by atoms with E-state index in [1.54, 1.807) is 12.5 Å². The molecule has 0 saturated heterocycles.